The Kier molecular flexibility index (Phi) is 1.53. The highest BCUT2D eigenvalue weighted by Crippen LogP contribution is 2.20. The summed E-state index contributed by atoms with van der Waals surface area (Å²) in [6.07, 6.45) is 8.00. The van der Waals surface area contributed by atoms with Crippen LogP contribution in [0.15, 0.2) is 4.99 Å². The summed E-state index contributed by atoms with van der Waals surface area (Å²) >= 11 is 0. The van der Waals surface area contributed by atoms with Crippen LogP contribution in [-0.4, -0.2) is 25.0 Å². The molecule has 0 spiro atoms. The van der Waals surface area contributed by atoms with Crippen molar-refractivity contribution in [3.05, 3.63) is 0 Å². The minimum absolute atomic E-state index is 0.582. The van der Waals surface area contributed by atoms with E-state index in [4.69, 9.17) is 0 Å². The van der Waals surface area contributed by atoms with Gasteiger partial charge in [0.2, 0.25) is 0 Å². The molecule has 2 aliphatic heterocycles. The van der Waals surface area contributed by atoms with E-state index in [-0.39, 0.29) is 0 Å². The second-order valence-corrected chi connectivity index (χ2v) is 3.08. The molecule has 1 N–H and O–H groups in total. The van der Waals surface area contributed by atoms with Crippen molar-refractivity contribution < 1.29 is 4.99 Å². The first-order valence-corrected chi connectivity index (χ1v) is 4.03. The first kappa shape index (κ1) is 6.08. The number of nitrogens with one attached hydrogen (secondary N) is 1. The molecule has 0 aliphatic carbocycles. The Morgan fingerprint density at radius 2 is 2.50 bits per heavy atom. The lowest BCUT2D eigenvalue weighted by atomic mass is 9.89. The van der Waals surface area contributed by atoms with Crippen molar-refractivity contribution in [2.24, 2.45) is 10.9 Å². The first-order valence-electron chi connectivity index (χ1n) is 4.03. The lowest BCUT2D eigenvalue weighted by Crippen LogP contribution is -2.75. The zero-order chi connectivity index (χ0) is 6.81. The van der Waals surface area contributed by atoms with E-state index in [0.717, 1.165) is 12.5 Å². The summed E-state index contributed by atoms with van der Waals surface area (Å²) < 4.78 is 0. The molecule has 0 bridgehead atoms. The van der Waals surface area contributed by atoms with Gasteiger partial charge in [0.15, 0.2) is 6.54 Å². The van der Waals surface area contributed by atoms with E-state index in [9.17, 15) is 0 Å². The molecule has 2 unspecified atom stereocenters. The van der Waals surface area contributed by atoms with Crippen LogP contribution in [0.2, 0.25) is 0 Å². The van der Waals surface area contributed by atoms with Gasteiger partial charge in [0.1, 0.15) is 12.3 Å². The van der Waals surface area contributed by atoms with Crippen molar-refractivity contribution >= 4 is 12.4 Å². The third-order valence-electron chi connectivity index (χ3n) is 2.40. The standard InChI is InChI=1S/C8H12N2/c1-2-7-3-5-9-6-8(7)10-4-1/h4-5,7-8H,1-3,6H2/p+1. The van der Waals surface area contributed by atoms with Gasteiger partial charge in [-0.25, -0.2) is 4.99 Å². The molecule has 10 heavy (non-hydrogen) atoms. The fourth-order valence-corrected chi connectivity index (χ4v) is 1.75. The molecule has 2 nitrogen and oxygen atoms in total. The van der Waals surface area contributed by atoms with Crippen molar-refractivity contribution in [3.63, 3.8) is 0 Å². The van der Waals surface area contributed by atoms with E-state index in [1.165, 1.54) is 19.3 Å². The summed E-state index contributed by atoms with van der Waals surface area (Å²) in [7, 11) is 0. The Bertz CT molecular complexity index is 172. The average Bonchev–Trinajstić information content (AvgIpc) is 2.05. The third kappa shape index (κ3) is 0.981. The molecular formula is C8H13N2+. The van der Waals surface area contributed by atoms with Gasteiger partial charge in [-0.15, -0.1) is 0 Å². The largest absolute Gasteiger partial charge is 0.287 e. The van der Waals surface area contributed by atoms with E-state index in [1.807, 2.05) is 0 Å². The maximum Gasteiger partial charge on any atom is 0.162 e. The molecule has 0 aromatic heterocycles. The Balaban J connectivity index is 2.12. The van der Waals surface area contributed by atoms with E-state index < -0.39 is 0 Å². The second kappa shape index (κ2) is 2.52. The van der Waals surface area contributed by atoms with Crippen LogP contribution < -0.4 is 4.99 Å². The quantitative estimate of drug-likeness (QED) is 0.461. The van der Waals surface area contributed by atoms with E-state index >= 15 is 0 Å². The molecule has 54 valence electrons. The van der Waals surface area contributed by atoms with E-state index in [2.05, 4.69) is 22.4 Å². The minimum Gasteiger partial charge on any atom is -0.287 e. The van der Waals surface area contributed by atoms with Crippen molar-refractivity contribution in [3.8, 4) is 0 Å². The van der Waals surface area contributed by atoms with Gasteiger partial charge in [0.25, 0.3) is 0 Å². The van der Waals surface area contributed by atoms with Crippen molar-refractivity contribution in [1.29, 1.82) is 0 Å². The van der Waals surface area contributed by atoms with Gasteiger partial charge >= 0.3 is 0 Å². The molecule has 0 saturated carbocycles. The number of hydrogen-bond acceptors (Lipinski definition) is 1. The summed E-state index contributed by atoms with van der Waals surface area (Å²) in [6, 6.07) is 0.582. The van der Waals surface area contributed by atoms with Crippen LogP contribution in [0.25, 0.3) is 0 Å². The van der Waals surface area contributed by atoms with Crippen LogP contribution in [0.3, 0.4) is 0 Å². The molecule has 0 aromatic carbocycles. The van der Waals surface area contributed by atoms with Gasteiger partial charge in [0, 0.05) is 6.42 Å². The van der Waals surface area contributed by atoms with Gasteiger partial charge in [-0.05, 0) is 25.0 Å². The molecule has 2 aliphatic rings. The zero-order valence-electron chi connectivity index (χ0n) is 6.09. The fraction of sp³-hybridized carbons (Fsp3) is 0.750. The Labute approximate surface area is 61.1 Å². The lowest BCUT2D eigenvalue weighted by Gasteiger charge is -2.23. The highest BCUT2D eigenvalue weighted by Gasteiger charge is 2.26. The fourth-order valence-electron chi connectivity index (χ4n) is 1.75. The highest BCUT2D eigenvalue weighted by atomic mass is 14.9. The summed E-state index contributed by atoms with van der Waals surface area (Å²) in [5.74, 6) is 0.839. The molecule has 2 heteroatoms. The van der Waals surface area contributed by atoms with E-state index in [1.54, 1.807) is 0 Å². The van der Waals surface area contributed by atoms with Crippen LogP contribution in [-0.2, 0) is 0 Å². The molecule has 0 amide bonds. The van der Waals surface area contributed by atoms with Gasteiger partial charge in [0.05, 0.1) is 0 Å². The van der Waals surface area contributed by atoms with Gasteiger partial charge in [-0.2, -0.15) is 0 Å². The highest BCUT2D eigenvalue weighted by molar-refractivity contribution is 5.59. The summed E-state index contributed by atoms with van der Waals surface area (Å²) in [4.78, 5) is 7.69. The predicted molar refractivity (Wildman–Crippen MR) is 41.5 cm³/mol. The maximum atomic E-state index is 4.44. The van der Waals surface area contributed by atoms with Crippen LogP contribution >= 0.6 is 0 Å². The van der Waals surface area contributed by atoms with Crippen molar-refractivity contribution in [1.82, 2.24) is 0 Å². The number of nitrogens with zero attached hydrogens (tertiary/aromatic N) is 1. The number of fused-ring (bicyclic) bond motifs is 1. The minimum atomic E-state index is 0.582. The molecule has 0 radical (unpaired) electrons. The summed E-state index contributed by atoms with van der Waals surface area (Å²) in [6.45, 7) is 1.06. The third-order valence-corrected chi connectivity index (χ3v) is 2.40. The van der Waals surface area contributed by atoms with Crippen LogP contribution in [0.4, 0.5) is 0 Å². The number of aliphatic imine (C=N–C) groups is 1. The number of hydrogen-bond donors (Lipinski definition) is 1. The topological polar surface area (TPSA) is 26.3 Å². The monoisotopic (exact) mass is 137 g/mol. The zero-order valence-corrected chi connectivity index (χ0v) is 6.09. The first-order chi connectivity index (χ1) is 4.97. The Morgan fingerprint density at radius 1 is 1.50 bits per heavy atom. The second-order valence-electron chi connectivity index (χ2n) is 3.08. The molecule has 0 aromatic rings. The Morgan fingerprint density at radius 3 is 3.40 bits per heavy atom. The average molecular weight is 137 g/mol. The molecule has 2 atom stereocenters. The van der Waals surface area contributed by atoms with Gasteiger partial charge in [-0.1, -0.05) is 0 Å². The SMILES string of the molecule is C1=NC2C[NH+]=CCC2CC1. The number of rotatable bonds is 0. The predicted octanol–water partition coefficient (Wildman–Crippen LogP) is -0.609. The molecule has 0 saturated heterocycles. The van der Waals surface area contributed by atoms with Crippen molar-refractivity contribution in [2.75, 3.05) is 6.54 Å². The summed E-state index contributed by atoms with van der Waals surface area (Å²) in [5, 5.41) is 0. The van der Waals surface area contributed by atoms with Crippen LogP contribution in [0.1, 0.15) is 19.3 Å². The van der Waals surface area contributed by atoms with Crippen molar-refractivity contribution in [2.45, 2.75) is 25.3 Å². The Hall–Kier alpha value is -0.660. The van der Waals surface area contributed by atoms with Gasteiger partial charge < -0.3 is 0 Å². The molecular weight excluding hydrogens is 124 g/mol. The van der Waals surface area contributed by atoms with Crippen LogP contribution in [0.5, 0.6) is 0 Å². The maximum absolute atomic E-state index is 4.44. The summed E-state index contributed by atoms with van der Waals surface area (Å²) in [5.41, 5.74) is 0. The normalized spacial score (nSPS) is 37.6. The van der Waals surface area contributed by atoms with E-state index in [0.29, 0.717) is 6.04 Å². The molecule has 2 heterocycles. The van der Waals surface area contributed by atoms with Gasteiger partial charge in [-0.3, -0.25) is 4.99 Å². The van der Waals surface area contributed by atoms with Crippen LogP contribution in [0, 0.1) is 5.92 Å². The molecule has 2 rings (SSSR count). The molecule has 0 fully saturated rings. The lowest BCUT2D eigenvalue weighted by molar-refractivity contribution is -0.463. The smallest absolute Gasteiger partial charge is 0.162 e.